The van der Waals surface area contributed by atoms with E-state index in [1.54, 1.807) is 38.3 Å². The molecule has 148 valence electrons. The van der Waals surface area contributed by atoms with Gasteiger partial charge in [-0.1, -0.05) is 0 Å². The van der Waals surface area contributed by atoms with E-state index in [1.165, 1.54) is 24.3 Å². The van der Waals surface area contributed by atoms with Gasteiger partial charge < -0.3 is 14.2 Å². The number of amides is 1. The number of nitrogens with zero attached hydrogens (tertiary/aromatic N) is 4. The van der Waals surface area contributed by atoms with E-state index in [2.05, 4.69) is 9.97 Å². The molecule has 0 spiro atoms. The van der Waals surface area contributed by atoms with Gasteiger partial charge >= 0.3 is 6.18 Å². The molecule has 3 aromatic rings. The average molecular weight is 392 g/mol. The Hall–Kier alpha value is -3.10. The predicted molar refractivity (Wildman–Crippen MR) is 97.1 cm³/mol. The summed E-state index contributed by atoms with van der Waals surface area (Å²) in [5.41, 5.74) is 1.60. The lowest BCUT2D eigenvalue weighted by atomic mass is 10.1. The first-order valence-corrected chi connectivity index (χ1v) is 8.45. The van der Waals surface area contributed by atoms with Crippen LogP contribution in [0, 0.1) is 6.92 Å². The molecule has 3 rings (SSSR count). The van der Waals surface area contributed by atoms with Crippen molar-refractivity contribution in [1.82, 2.24) is 19.4 Å². The second-order valence-electron chi connectivity index (χ2n) is 6.43. The van der Waals surface area contributed by atoms with Crippen LogP contribution < -0.4 is 4.74 Å². The number of alkyl halides is 3. The second-order valence-corrected chi connectivity index (χ2v) is 6.43. The van der Waals surface area contributed by atoms with Crippen LogP contribution in [0.4, 0.5) is 13.2 Å². The molecule has 0 aliphatic heterocycles. The third kappa shape index (κ3) is 4.24. The highest BCUT2D eigenvalue weighted by molar-refractivity contribution is 5.98. The number of rotatable bonds is 5. The molecule has 1 amide bonds. The molecule has 28 heavy (non-hydrogen) atoms. The van der Waals surface area contributed by atoms with Gasteiger partial charge in [0, 0.05) is 30.9 Å². The summed E-state index contributed by atoms with van der Waals surface area (Å²) in [6.45, 7) is 0.509. The van der Waals surface area contributed by atoms with Crippen molar-refractivity contribution in [2.75, 3.05) is 14.2 Å². The SMILES string of the molecule is COc1ccc2cc(C(=O)N(C)Cc3nccn3CC(F)(F)F)c(C)nc2c1. The highest BCUT2D eigenvalue weighted by Gasteiger charge is 2.29. The third-order valence-corrected chi connectivity index (χ3v) is 4.32. The highest BCUT2D eigenvalue weighted by Crippen LogP contribution is 2.23. The number of hydrogen-bond donors (Lipinski definition) is 0. The lowest BCUT2D eigenvalue weighted by molar-refractivity contribution is -0.141. The largest absolute Gasteiger partial charge is 0.497 e. The summed E-state index contributed by atoms with van der Waals surface area (Å²) in [7, 11) is 3.08. The van der Waals surface area contributed by atoms with Crippen molar-refractivity contribution in [2.45, 2.75) is 26.2 Å². The average Bonchev–Trinajstić information content (AvgIpc) is 3.04. The number of hydrogen-bond acceptors (Lipinski definition) is 4. The summed E-state index contributed by atoms with van der Waals surface area (Å²) in [6.07, 6.45) is -1.83. The summed E-state index contributed by atoms with van der Waals surface area (Å²) in [5.74, 6) is 0.473. The molecule has 0 radical (unpaired) electrons. The van der Waals surface area contributed by atoms with E-state index in [1.807, 2.05) is 0 Å². The van der Waals surface area contributed by atoms with Crippen LogP contribution >= 0.6 is 0 Å². The lowest BCUT2D eigenvalue weighted by Gasteiger charge is -2.19. The van der Waals surface area contributed by atoms with Crippen molar-refractivity contribution in [3.05, 3.63) is 53.7 Å². The monoisotopic (exact) mass is 392 g/mol. The molecule has 0 saturated heterocycles. The minimum absolute atomic E-state index is 0.0536. The molecule has 9 heteroatoms. The molecular weight excluding hydrogens is 373 g/mol. The zero-order valence-electron chi connectivity index (χ0n) is 15.6. The molecule has 0 bridgehead atoms. The van der Waals surface area contributed by atoms with E-state index < -0.39 is 12.7 Å². The topological polar surface area (TPSA) is 60.2 Å². The Morgan fingerprint density at radius 1 is 1.29 bits per heavy atom. The number of methoxy groups -OCH3 is 1. The summed E-state index contributed by atoms with van der Waals surface area (Å²) < 4.78 is 44.2. The maximum absolute atomic E-state index is 12.9. The van der Waals surface area contributed by atoms with Crippen LogP contribution in [0.3, 0.4) is 0 Å². The van der Waals surface area contributed by atoms with Gasteiger partial charge in [0.1, 0.15) is 18.1 Å². The maximum Gasteiger partial charge on any atom is 0.406 e. The zero-order valence-corrected chi connectivity index (χ0v) is 15.6. The summed E-state index contributed by atoms with van der Waals surface area (Å²) in [6, 6.07) is 7.06. The van der Waals surface area contributed by atoms with Crippen LogP contribution in [0.5, 0.6) is 5.75 Å². The normalized spacial score (nSPS) is 11.6. The number of aryl methyl sites for hydroxylation is 1. The standard InChI is InChI=1S/C19H19F3N4O2/c1-12-15(8-13-4-5-14(28-3)9-16(13)24-12)18(27)25(2)10-17-23-6-7-26(17)11-19(20,21)22/h4-9H,10-11H2,1-3H3. The Morgan fingerprint density at radius 2 is 2.04 bits per heavy atom. The predicted octanol–water partition coefficient (Wildman–Crippen LogP) is 3.58. The van der Waals surface area contributed by atoms with Gasteiger partial charge in [0.05, 0.1) is 30.4 Å². The molecule has 0 N–H and O–H groups in total. The van der Waals surface area contributed by atoms with Gasteiger partial charge in [-0.05, 0) is 25.1 Å². The quantitative estimate of drug-likeness (QED) is 0.666. The number of ether oxygens (including phenoxy) is 1. The third-order valence-electron chi connectivity index (χ3n) is 4.32. The fourth-order valence-corrected chi connectivity index (χ4v) is 2.91. The minimum Gasteiger partial charge on any atom is -0.497 e. The van der Waals surface area contributed by atoms with Gasteiger partial charge in [-0.3, -0.25) is 9.78 Å². The number of aromatic nitrogens is 3. The lowest BCUT2D eigenvalue weighted by Crippen LogP contribution is -2.29. The van der Waals surface area contributed by atoms with E-state index in [4.69, 9.17) is 4.74 Å². The van der Waals surface area contributed by atoms with Crippen LogP contribution in [0.1, 0.15) is 21.9 Å². The van der Waals surface area contributed by atoms with Crippen LogP contribution in [-0.4, -0.2) is 45.7 Å². The first-order valence-electron chi connectivity index (χ1n) is 8.45. The number of carbonyl (C=O) groups is 1. The zero-order chi connectivity index (χ0) is 20.5. The smallest absolute Gasteiger partial charge is 0.406 e. The van der Waals surface area contributed by atoms with Crippen molar-refractivity contribution in [3.63, 3.8) is 0 Å². The first kappa shape index (κ1) is 19.7. The van der Waals surface area contributed by atoms with Crippen LogP contribution in [0.2, 0.25) is 0 Å². The molecular formula is C19H19F3N4O2. The number of fused-ring (bicyclic) bond motifs is 1. The molecule has 0 saturated carbocycles. The van der Waals surface area contributed by atoms with Crippen LogP contribution in [0.15, 0.2) is 36.7 Å². The van der Waals surface area contributed by atoms with Crippen molar-refractivity contribution in [2.24, 2.45) is 0 Å². The van der Waals surface area contributed by atoms with Crippen LogP contribution in [0.25, 0.3) is 10.9 Å². The molecule has 0 atom stereocenters. The number of carbonyl (C=O) groups excluding carboxylic acids is 1. The van der Waals surface area contributed by atoms with Crippen molar-refractivity contribution in [3.8, 4) is 5.75 Å². The molecule has 0 aliphatic rings. The van der Waals surface area contributed by atoms with Gasteiger partial charge in [0.25, 0.3) is 5.91 Å². The van der Waals surface area contributed by atoms with Gasteiger partial charge in [-0.25, -0.2) is 4.98 Å². The fraction of sp³-hybridized carbons (Fsp3) is 0.316. The van der Waals surface area contributed by atoms with E-state index in [0.29, 0.717) is 22.5 Å². The van der Waals surface area contributed by atoms with E-state index in [-0.39, 0.29) is 18.3 Å². The molecule has 1 aromatic carbocycles. The number of imidazole rings is 1. The van der Waals surface area contributed by atoms with Gasteiger partial charge in [-0.2, -0.15) is 13.2 Å². The van der Waals surface area contributed by atoms with Gasteiger partial charge in [0.15, 0.2) is 0 Å². The molecule has 2 heterocycles. The van der Waals surface area contributed by atoms with E-state index in [0.717, 1.165) is 9.95 Å². The van der Waals surface area contributed by atoms with E-state index >= 15 is 0 Å². The van der Waals surface area contributed by atoms with Gasteiger partial charge in [-0.15, -0.1) is 0 Å². The summed E-state index contributed by atoms with van der Waals surface area (Å²) in [4.78, 5) is 22.6. The Labute approximate surface area is 159 Å². The molecule has 0 aliphatic carbocycles. The van der Waals surface area contributed by atoms with Crippen molar-refractivity contribution >= 4 is 16.8 Å². The first-order chi connectivity index (χ1) is 13.2. The number of halogens is 3. The molecule has 0 unspecified atom stereocenters. The van der Waals surface area contributed by atoms with Crippen molar-refractivity contribution in [1.29, 1.82) is 0 Å². The molecule has 2 aromatic heterocycles. The summed E-state index contributed by atoms with van der Waals surface area (Å²) >= 11 is 0. The molecule has 6 nitrogen and oxygen atoms in total. The Morgan fingerprint density at radius 3 is 2.71 bits per heavy atom. The number of benzene rings is 1. The van der Waals surface area contributed by atoms with E-state index in [9.17, 15) is 18.0 Å². The Kier molecular flexibility index (Phi) is 5.26. The minimum atomic E-state index is -4.36. The maximum atomic E-state index is 12.9. The molecule has 0 fully saturated rings. The van der Waals surface area contributed by atoms with Gasteiger partial charge in [0.2, 0.25) is 0 Å². The second kappa shape index (κ2) is 7.49. The number of pyridine rings is 1. The van der Waals surface area contributed by atoms with Crippen molar-refractivity contribution < 1.29 is 22.7 Å². The Balaban J connectivity index is 1.84. The highest BCUT2D eigenvalue weighted by atomic mass is 19.4. The fourth-order valence-electron chi connectivity index (χ4n) is 2.91. The summed E-state index contributed by atoms with van der Waals surface area (Å²) in [5, 5.41) is 0.765. The Bertz CT molecular complexity index is 1010. The van der Waals surface area contributed by atoms with Crippen LogP contribution in [-0.2, 0) is 13.1 Å².